The third-order valence-electron chi connectivity index (χ3n) is 5.92. The SMILES string of the molecule is CCCN(CCCCC(CC(C)/C=C/OC)C(=O)C(C)/C=C(\C)OC)Cc1ccccc1. The van der Waals surface area contributed by atoms with Crippen LogP contribution in [0.3, 0.4) is 0 Å². The number of hydrogen-bond acceptors (Lipinski definition) is 4. The van der Waals surface area contributed by atoms with Crippen molar-refractivity contribution in [2.24, 2.45) is 17.8 Å². The predicted molar refractivity (Wildman–Crippen MR) is 134 cm³/mol. The number of benzene rings is 1. The monoisotopic (exact) mass is 443 g/mol. The van der Waals surface area contributed by atoms with E-state index in [4.69, 9.17) is 9.47 Å². The molecule has 180 valence electrons. The normalized spacial score (nSPS) is 15.0. The average Bonchev–Trinajstić information content (AvgIpc) is 2.79. The highest BCUT2D eigenvalue weighted by atomic mass is 16.5. The fourth-order valence-corrected chi connectivity index (χ4v) is 4.14. The number of ketones is 1. The van der Waals surface area contributed by atoms with Crippen LogP contribution < -0.4 is 0 Å². The highest BCUT2D eigenvalue weighted by Gasteiger charge is 2.24. The van der Waals surface area contributed by atoms with Gasteiger partial charge in [0.25, 0.3) is 0 Å². The number of Topliss-reactive ketones (excluding diaryl/α,β-unsaturated/α-hetero) is 1. The lowest BCUT2D eigenvalue weighted by Gasteiger charge is -2.23. The number of nitrogens with zero attached hydrogens (tertiary/aromatic N) is 1. The number of ether oxygens (including phenoxy) is 2. The zero-order valence-electron chi connectivity index (χ0n) is 21.2. The smallest absolute Gasteiger partial charge is 0.142 e. The van der Waals surface area contributed by atoms with E-state index in [9.17, 15) is 4.79 Å². The van der Waals surface area contributed by atoms with Gasteiger partial charge in [-0.15, -0.1) is 0 Å². The summed E-state index contributed by atoms with van der Waals surface area (Å²) in [6.45, 7) is 11.4. The van der Waals surface area contributed by atoms with Crippen LogP contribution in [0, 0.1) is 17.8 Å². The van der Waals surface area contributed by atoms with E-state index in [0.717, 1.165) is 57.5 Å². The lowest BCUT2D eigenvalue weighted by Crippen LogP contribution is -2.26. The molecule has 0 aliphatic carbocycles. The van der Waals surface area contributed by atoms with Crippen LogP contribution >= 0.6 is 0 Å². The molecule has 0 aromatic heterocycles. The Morgan fingerprint density at radius 3 is 2.44 bits per heavy atom. The molecule has 1 aromatic rings. The quantitative estimate of drug-likeness (QED) is 0.200. The highest BCUT2D eigenvalue weighted by Crippen LogP contribution is 2.25. The molecular weight excluding hydrogens is 398 g/mol. The lowest BCUT2D eigenvalue weighted by molar-refractivity contribution is -0.125. The molecule has 0 N–H and O–H groups in total. The summed E-state index contributed by atoms with van der Waals surface area (Å²) in [7, 11) is 3.30. The maximum absolute atomic E-state index is 13.2. The second-order valence-electron chi connectivity index (χ2n) is 8.90. The molecule has 4 nitrogen and oxygen atoms in total. The first-order chi connectivity index (χ1) is 15.4. The van der Waals surface area contributed by atoms with Gasteiger partial charge in [0.2, 0.25) is 0 Å². The van der Waals surface area contributed by atoms with Gasteiger partial charge in [-0.1, -0.05) is 57.5 Å². The first kappa shape index (κ1) is 28.0. The minimum Gasteiger partial charge on any atom is -0.505 e. The van der Waals surface area contributed by atoms with E-state index < -0.39 is 0 Å². The van der Waals surface area contributed by atoms with Gasteiger partial charge in [-0.25, -0.2) is 0 Å². The van der Waals surface area contributed by atoms with Crippen molar-refractivity contribution in [3.63, 3.8) is 0 Å². The zero-order chi connectivity index (χ0) is 23.8. The van der Waals surface area contributed by atoms with Crippen molar-refractivity contribution >= 4 is 5.78 Å². The Bertz CT molecular complexity index is 683. The number of rotatable bonds is 17. The van der Waals surface area contributed by atoms with Crippen LogP contribution in [0.1, 0.15) is 65.4 Å². The summed E-state index contributed by atoms with van der Waals surface area (Å²) in [5.74, 6) is 1.34. The van der Waals surface area contributed by atoms with Gasteiger partial charge in [0.15, 0.2) is 0 Å². The fourth-order valence-electron chi connectivity index (χ4n) is 4.14. The summed E-state index contributed by atoms with van der Waals surface area (Å²) in [6, 6.07) is 10.7. The van der Waals surface area contributed by atoms with Gasteiger partial charge >= 0.3 is 0 Å². The summed E-state index contributed by atoms with van der Waals surface area (Å²) >= 11 is 0. The second-order valence-corrected chi connectivity index (χ2v) is 8.90. The van der Waals surface area contributed by atoms with E-state index in [-0.39, 0.29) is 11.8 Å². The molecule has 0 bridgehead atoms. The van der Waals surface area contributed by atoms with Gasteiger partial charge in [0.05, 0.1) is 26.2 Å². The third-order valence-corrected chi connectivity index (χ3v) is 5.92. The fraction of sp³-hybridized carbons (Fsp3) is 0.607. The van der Waals surface area contributed by atoms with Gasteiger partial charge in [-0.2, -0.15) is 0 Å². The maximum atomic E-state index is 13.2. The molecule has 3 atom stereocenters. The predicted octanol–water partition coefficient (Wildman–Crippen LogP) is 6.63. The molecule has 32 heavy (non-hydrogen) atoms. The molecule has 0 fully saturated rings. The van der Waals surface area contributed by atoms with E-state index in [2.05, 4.69) is 49.1 Å². The largest absolute Gasteiger partial charge is 0.505 e. The molecule has 0 saturated carbocycles. The summed E-state index contributed by atoms with van der Waals surface area (Å²) in [6.07, 6.45) is 10.8. The third kappa shape index (κ3) is 11.5. The molecule has 0 amide bonds. The number of carbonyl (C=O) groups is 1. The minimum absolute atomic E-state index is 0.0520. The van der Waals surface area contributed by atoms with Gasteiger partial charge in [0, 0.05) is 18.4 Å². The van der Waals surface area contributed by atoms with Crippen molar-refractivity contribution in [3.05, 3.63) is 60.1 Å². The van der Waals surface area contributed by atoms with Crippen molar-refractivity contribution in [1.29, 1.82) is 0 Å². The van der Waals surface area contributed by atoms with Crippen molar-refractivity contribution in [3.8, 4) is 0 Å². The molecule has 1 rings (SSSR count). The standard InChI is InChI=1S/C28H45NO3/c1-7-17-29(22-26-13-9-8-10-14-26)18-12-11-15-27(20-23(2)16-19-31-5)28(30)24(3)21-25(4)32-6/h8-10,13-14,16,19,21,23-24,27H,7,11-12,15,17-18,20,22H2,1-6H3/b19-16+,25-21+. The Morgan fingerprint density at radius 1 is 1.09 bits per heavy atom. The van der Waals surface area contributed by atoms with Crippen LogP contribution in [0.4, 0.5) is 0 Å². The highest BCUT2D eigenvalue weighted by molar-refractivity contribution is 5.84. The lowest BCUT2D eigenvalue weighted by atomic mass is 9.83. The van der Waals surface area contributed by atoms with E-state index in [1.807, 2.05) is 26.0 Å². The number of carbonyl (C=O) groups excluding carboxylic acids is 1. The molecule has 4 heteroatoms. The summed E-state index contributed by atoms with van der Waals surface area (Å²) in [4.78, 5) is 15.7. The molecule has 0 saturated heterocycles. The first-order valence-corrected chi connectivity index (χ1v) is 12.1. The number of unbranched alkanes of at least 4 members (excludes halogenated alkanes) is 1. The summed E-state index contributed by atoms with van der Waals surface area (Å²) < 4.78 is 10.3. The minimum atomic E-state index is -0.131. The van der Waals surface area contributed by atoms with Gasteiger partial charge in [-0.05, 0) is 69.3 Å². The van der Waals surface area contributed by atoms with Gasteiger partial charge < -0.3 is 9.47 Å². The first-order valence-electron chi connectivity index (χ1n) is 12.1. The number of methoxy groups -OCH3 is 2. The Hall–Kier alpha value is -2.07. The number of hydrogen-bond donors (Lipinski definition) is 0. The Morgan fingerprint density at radius 2 is 1.81 bits per heavy atom. The van der Waals surface area contributed by atoms with E-state index in [1.54, 1.807) is 20.5 Å². The average molecular weight is 444 g/mol. The molecule has 1 aromatic carbocycles. The molecule has 0 heterocycles. The van der Waals surface area contributed by atoms with Crippen LogP contribution in [0.2, 0.25) is 0 Å². The Labute approximate surface area is 196 Å². The molecular formula is C28H45NO3. The van der Waals surface area contributed by atoms with Crippen LogP contribution in [-0.2, 0) is 20.8 Å². The topological polar surface area (TPSA) is 38.8 Å². The van der Waals surface area contributed by atoms with Crippen LogP contribution in [0.5, 0.6) is 0 Å². The summed E-state index contributed by atoms with van der Waals surface area (Å²) in [5, 5.41) is 0. The summed E-state index contributed by atoms with van der Waals surface area (Å²) in [5.41, 5.74) is 1.36. The Kier molecular flexibility index (Phi) is 14.5. The van der Waals surface area contributed by atoms with Crippen molar-refractivity contribution in [2.75, 3.05) is 27.3 Å². The van der Waals surface area contributed by atoms with Crippen molar-refractivity contribution in [1.82, 2.24) is 4.90 Å². The second kappa shape index (κ2) is 16.5. The molecule has 3 unspecified atom stereocenters. The van der Waals surface area contributed by atoms with Crippen LogP contribution in [0.15, 0.2) is 54.5 Å². The van der Waals surface area contributed by atoms with Crippen molar-refractivity contribution < 1.29 is 14.3 Å². The Balaban J connectivity index is 2.68. The van der Waals surface area contributed by atoms with E-state index >= 15 is 0 Å². The van der Waals surface area contributed by atoms with Crippen LogP contribution in [-0.4, -0.2) is 38.0 Å². The molecule has 0 aliphatic heterocycles. The maximum Gasteiger partial charge on any atom is 0.142 e. The number of allylic oxidation sites excluding steroid dienone is 3. The van der Waals surface area contributed by atoms with Gasteiger partial charge in [-0.3, -0.25) is 9.69 Å². The molecule has 0 radical (unpaired) electrons. The van der Waals surface area contributed by atoms with E-state index in [1.165, 1.54) is 5.56 Å². The zero-order valence-corrected chi connectivity index (χ0v) is 21.2. The van der Waals surface area contributed by atoms with E-state index in [0.29, 0.717) is 11.7 Å². The molecule has 0 aliphatic rings. The van der Waals surface area contributed by atoms with Gasteiger partial charge in [0.1, 0.15) is 5.78 Å². The van der Waals surface area contributed by atoms with Crippen molar-refractivity contribution in [2.45, 2.75) is 66.3 Å². The van der Waals surface area contributed by atoms with Crippen LogP contribution in [0.25, 0.3) is 0 Å². The molecule has 0 spiro atoms.